The molecule has 1 atom stereocenters. The van der Waals surface area contributed by atoms with Crippen LogP contribution >= 0.6 is 0 Å². The molecule has 1 aliphatic heterocycles. The minimum Gasteiger partial charge on any atom is -0.493 e. The van der Waals surface area contributed by atoms with Crippen LogP contribution in [0.2, 0.25) is 0 Å². The van der Waals surface area contributed by atoms with Crippen LogP contribution in [0, 0.1) is 5.92 Å². The maximum atomic E-state index is 11.6. The number of ether oxygens (including phenoxy) is 2. The summed E-state index contributed by atoms with van der Waals surface area (Å²) in [7, 11) is 3.26. The Labute approximate surface area is 171 Å². The zero-order valence-electron chi connectivity index (χ0n) is 17.8. The third-order valence-corrected chi connectivity index (χ3v) is 5.57. The van der Waals surface area contributed by atoms with E-state index in [9.17, 15) is 4.79 Å². The number of rotatable bonds is 6. The largest absolute Gasteiger partial charge is 0.493 e. The Morgan fingerprint density at radius 1 is 1.24 bits per heavy atom. The highest BCUT2D eigenvalue weighted by atomic mass is 16.5. The van der Waals surface area contributed by atoms with Crippen molar-refractivity contribution in [2.75, 3.05) is 27.3 Å². The van der Waals surface area contributed by atoms with Gasteiger partial charge in [-0.3, -0.25) is 4.79 Å². The van der Waals surface area contributed by atoms with Crippen molar-refractivity contribution >= 4 is 5.91 Å². The highest BCUT2D eigenvalue weighted by Gasteiger charge is 2.39. The average molecular weight is 404 g/mol. The number of nitrogens with one attached hydrogen (secondary N) is 1. The van der Waals surface area contributed by atoms with Gasteiger partial charge in [-0.2, -0.15) is 0 Å². The van der Waals surface area contributed by atoms with Crippen molar-refractivity contribution in [3.05, 3.63) is 29.6 Å². The molecule has 0 aliphatic carbocycles. The summed E-state index contributed by atoms with van der Waals surface area (Å²) in [5.41, 5.74) is 6.21. The first kappa shape index (κ1) is 21.0. The number of hydrogen-bond acceptors (Lipinski definition) is 6. The van der Waals surface area contributed by atoms with Gasteiger partial charge in [0.15, 0.2) is 17.5 Å². The number of tetrazole rings is 1. The molecule has 9 heteroatoms. The first-order valence-corrected chi connectivity index (χ1v) is 9.91. The Hall–Kier alpha value is -2.68. The molecule has 29 heavy (non-hydrogen) atoms. The predicted octanol–water partition coefficient (Wildman–Crippen LogP) is 0.315. The fraction of sp³-hybridized carbons (Fsp3) is 0.600. The van der Waals surface area contributed by atoms with Gasteiger partial charge in [-0.15, -0.1) is 5.10 Å². The number of quaternary nitrogens is 1. The van der Waals surface area contributed by atoms with E-state index in [1.807, 2.05) is 22.9 Å². The lowest BCUT2D eigenvalue weighted by Gasteiger charge is -2.35. The molecule has 158 valence electrons. The lowest BCUT2D eigenvalue weighted by Crippen LogP contribution is -3.13. The first-order chi connectivity index (χ1) is 13.8. The molecule has 1 fully saturated rings. The van der Waals surface area contributed by atoms with Gasteiger partial charge in [-0.25, -0.2) is 4.68 Å². The van der Waals surface area contributed by atoms with Gasteiger partial charge in [0.25, 0.3) is 0 Å². The van der Waals surface area contributed by atoms with E-state index in [0.29, 0.717) is 11.5 Å². The molecule has 0 saturated carbocycles. The maximum Gasteiger partial charge on any atom is 0.220 e. The van der Waals surface area contributed by atoms with Gasteiger partial charge < -0.3 is 20.1 Å². The quantitative estimate of drug-likeness (QED) is 0.719. The monoisotopic (exact) mass is 403 g/mol. The third kappa shape index (κ3) is 4.19. The molecular formula is C20H31N6O3+. The smallest absolute Gasteiger partial charge is 0.220 e. The Morgan fingerprint density at radius 3 is 2.48 bits per heavy atom. The molecule has 0 radical (unpaired) electrons. The number of likely N-dealkylation sites (tertiary alicyclic amines) is 1. The Balaban J connectivity index is 2.10. The number of methoxy groups -OCH3 is 2. The number of para-hydroxylation sites is 1. The van der Waals surface area contributed by atoms with Crippen LogP contribution < -0.4 is 20.1 Å². The minimum absolute atomic E-state index is 0.0785. The summed E-state index contributed by atoms with van der Waals surface area (Å²) in [6, 6.07) is 5.69. The van der Waals surface area contributed by atoms with E-state index < -0.39 is 0 Å². The lowest BCUT2D eigenvalue weighted by atomic mass is 9.92. The summed E-state index contributed by atoms with van der Waals surface area (Å²) in [6.07, 6.45) is 1.48. The van der Waals surface area contributed by atoms with Gasteiger partial charge in [0.2, 0.25) is 11.7 Å². The number of benzene rings is 1. The van der Waals surface area contributed by atoms with Crippen molar-refractivity contribution in [1.82, 2.24) is 20.2 Å². The molecule has 0 unspecified atom stereocenters. The van der Waals surface area contributed by atoms with Crippen LogP contribution in [0.5, 0.6) is 11.5 Å². The Bertz CT molecular complexity index is 852. The van der Waals surface area contributed by atoms with E-state index in [1.54, 1.807) is 14.2 Å². The molecule has 9 nitrogen and oxygen atoms in total. The van der Waals surface area contributed by atoms with E-state index in [2.05, 4.69) is 36.3 Å². The van der Waals surface area contributed by atoms with E-state index >= 15 is 0 Å². The van der Waals surface area contributed by atoms with Crippen molar-refractivity contribution in [3.63, 3.8) is 0 Å². The van der Waals surface area contributed by atoms with Crippen LogP contribution in [0.25, 0.3) is 0 Å². The summed E-state index contributed by atoms with van der Waals surface area (Å²) >= 11 is 0. The fourth-order valence-corrected chi connectivity index (χ4v) is 4.09. The zero-order chi connectivity index (χ0) is 21.2. The summed E-state index contributed by atoms with van der Waals surface area (Å²) in [6.45, 7) is 7.79. The number of aromatic nitrogens is 4. The fourth-order valence-electron chi connectivity index (χ4n) is 4.09. The van der Waals surface area contributed by atoms with Gasteiger partial charge >= 0.3 is 0 Å². The standard InChI is InChI=1S/C20H30N6O3/c1-20(2,3)26-19(22-23-24-26)16(25-11-9-13(10-12-25)18(21)27)14-7-6-8-15(28-4)17(14)29-5/h6-8,13,16H,9-12H2,1-5H3,(H2,21,27)/p+1/t16-/m0/s1. The molecule has 1 amide bonds. The van der Waals surface area contributed by atoms with Gasteiger partial charge in [0.05, 0.1) is 38.4 Å². The molecule has 3 rings (SSSR count). The predicted molar refractivity (Wildman–Crippen MR) is 107 cm³/mol. The number of piperidine rings is 1. The SMILES string of the molecule is COc1cccc([C@@H](c2nnnn2C(C)(C)C)[NH+]2CCC(C(N)=O)CC2)c1OC. The second-order valence-corrected chi connectivity index (χ2v) is 8.47. The molecule has 0 spiro atoms. The molecule has 3 N–H and O–H groups in total. The molecular weight excluding hydrogens is 372 g/mol. The molecule has 2 aromatic rings. The summed E-state index contributed by atoms with van der Waals surface area (Å²) in [5, 5.41) is 12.7. The van der Waals surface area contributed by atoms with Crippen LogP contribution in [0.4, 0.5) is 0 Å². The Kier molecular flexibility index (Phi) is 6.07. The average Bonchev–Trinajstić information content (AvgIpc) is 3.18. The van der Waals surface area contributed by atoms with Crippen LogP contribution in [0.1, 0.15) is 51.0 Å². The minimum atomic E-state index is -0.284. The topological polar surface area (TPSA) is 110 Å². The summed E-state index contributed by atoms with van der Waals surface area (Å²) in [4.78, 5) is 12.9. The van der Waals surface area contributed by atoms with Crippen molar-refractivity contribution in [3.8, 4) is 11.5 Å². The Morgan fingerprint density at radius 2 is 1.93 bits per heavy atom. The van der Waals surface area contributed by atoms with Crippen LogP contribution in [0.3, 0.4) is 0 Å². The normalized spacial score (nSPS) is 20.9. The van der Waals surface area contributed by atoms with Crippen molar-refractivity contribution in [2.24, 2.45) is 11.7 Å². The zero-order valence-corrected chi connectivity index (χ0v) is 17.8. The first-order valence-electron chi connectivity index (χ1n) is 9.91. The van der Waals surface area contributed by atoms with Crippen molar-refractivity contribution in [2.45, 2.75) is 45.2 Å². The molecule has 1 saturated heterocycles. The summed E-state index contributed by atoms with van der Waals surface area (Å²) in [5.74, 6) is 1.80. The van der Waals surface area contributed by atoms with Crippen LogP contribution in [-0.2, 0) is 10.3 Å². The molecule has 2 heterocycles. The molecule has 0 bridgehead atoms. The summed E-state index contributed by atoms with van der Waals surface area (Å²) < 4.78 is 13.1. The van der Waals surface area contributed by atoms with Gasteiger partial charge in [-0.1, -0.05) is 6.07 Å². The highest BCUT2D eigenvalue weighted by Crippen LogP contribution is 2.36. The number of primary amides is 1. The number of nitrogens with two attached hydrogens (primary N) is 1. The van der Waals surface area contributed by atoms with E-state index in [0.717, 1.165) is 37.3 Å². The van der Waals surface area contributed by atoms with Gasteiger partial charge in [-0.05, 0) is 43.3 Å². The van der Waals surface area contributed by atoms with Crippen molar-refractivity contribution in [1.29, 1.82) is 0 Å². The second kappa shape index (κ2) is 8.36. The number of nitrogens with zero attached hydrogens (tertiary/aromatic N) is 4. The third-order valence-electron chi connectivity index (χ3n) is 5.57. The van der Waals surface area contributed by atoms with Crippen LogP contribution in [-0.4, -0.2) is 53.4 Å². The molecule has 1 aromatic heterocycles. The molecule has 1 aliphatic rings. The number of hydrogen-bond donors (Lipinski definition) is 2. The highest BCUT2D eigenvalue weighted by molar-refractivity contribution is 5.76. The van der Waals surface area contributed by atoms with Crippen LogP contribution in [0.15, 0.2) is 18.2 Å². The number of carbonyl (C=O) groups excluding carboxylic acids is 1. The van der Waals surface area contributed by atoms with E-state index in [4.69, 9.17) is 15.2 Å². The van der Waals surface area contributed by atoms with Crippen molar-refractivity contribution < 1.29 is 19.2 Å². The lowest BCUT2D eigenvalue weighted by molar-refractivity contribution is -0.931. The number of amides is 1. The maximum absolute atomic E-state index is 11.6. The number of carbonyl (C=O) groups is 1. The second-order valence-electron chi connectivity index (χ2n) is 8.47. The van der Waals surface area contributed by atoms with Gasteiger partial charge in [0.1, 0.15) is 0 Å². The van der Waals surface area contributed by atoms with E-state index in [-0.39, 0.29) is 23.4 Å². The molecule has 1 aromatic carbocycles. The van der Waals surface area contributed by atoms with E-state index in [1.165, 1.54) is 4.90 Å². The van der Waals surface area contributed by atoms with Gasteiger partial charge in [0, 0.05) is 18.8 Å².